The van der Waals surface area contributed by atoms with Crippen molar-refractivity contribution in [2.45, 2.75) is 18.9 Å². The van der Waals surface area contributed by atoms with Gasteiger partial charge in [0.2, 0.25) is 5.91 Å². The number of likely N-dealkylation sites (tertiary alicyclic amines) is 1. The zero-order valence-corrected chi connectivity index (χ0v) is 17.0. The number of amides is 2. The van der Waals surface area contributed by atoms with Gasteiger partial charge in [0.15, 0.2) is 0 Å². The topological polar surface area (TPSA) is 52.7 Å². The number of hydrogen-bond donors (Lipinski definition) is 1. The summed E-state index contributed by atoms with van der Waals surface area (Å²) in [4.78, 5) is 29.1. The Kier molecular flexibility index (Phi) is 5.69. The van der Waals surface area contributed by atoms with Gasteiger partial charge in [-0.2, -0.15) is 0 Å². The standard InChI is InChI=1S/C23H24ClN3O2/c1-16-17-8-2-3-9-18(17)23(29)27(16)15-22(28)25-14-21(26-12-6-7-13-26)19-10-4-5-11-20(19)24/h2-5,8-11,21H,1,6-7,12-15H2,(H,25,28). The highest BCUT2D eigenvalue weighted by atomic mass is 35.5. The van der Waals surface area contributed by atoms with E-state index in [0.29, 0.717) is 22.8 Å². The zero-order valence-electron chi connectivity index (χ0n) is 16.2. The minimum absolute atomic E-state index is 0.0184. The number of fused-ring (bicyclic) bond motifs is 1. The fraction of sp³-hybridized carbons (Fsp3) is 0.304. The molecule has 5 nitrogen and oxygen atoms in total. The molecule has 2 aliphatic rings. The van der Waals surface area contributed by atoms with Gasteiger partial charge in [-0.3, -0.25) is 19.4 Å². The van der Waals surface area contributed by atoms with E-state index in [1.54, 1.807) is 6.07 Å². The molecular weight excluding hydrogens is 386 g/mol. The van der Waals surface area contributed by atoms with Gasteiger partial charge in [0.05, 0.1) is 6.04 Å². The lowest BCUT2D eigenvalue weighted by Gasteiger charge is -2.29. The molecule has 1 N–H and O–H groups in total. The molecule has 0 aromatic heterocycles. The summed E-state index contributed by atoms with van der Waals surface area (Å²) < 4.78 is 0. The summed E-state index contributed by atoms with van der Waals surface area (Å²) in [5.41, 5.74) is 2.97. The third-order valence-electron chi connectivity index (χ3n) is 5.68. The average Bonchev–Trinajstić information content (AvgIpc) is 3.34. The van der Waals surface area contributed by atoms with Gasteiger partial charge in [0, 0.05) is 28.4 Å². The number of benzene rings is 2. The Hall–Kier alpha value is -2.63. The van der Waals surface area contributed by atoms with Crippen molar-refractivity contribution in [1.29, 1.82) is 0 Å². The minimum atomic E-state index is -0.205. The Labute approximate surface area is 175 Å². The van der Waals surface area contributed by atoms with E-state index in [-0.39, 0.29) is 24.4 Å². The van der Waals surface area contributed by atoms with Crippen molar-refractivity contribution in [1.82, 2.24) is 15.1 Å². The second-order valence-electron chi connectivity index (χ2n) is 7.47. The quantitative estimate of drug-likeness (QED) is 0.791. The van der Waals surface area contributed by atoms with Crippen LogP contribution in [0.15, 0.2) is 55.1 Å². The maximum atomic E-state index is 12.7. The van der Waals surface area contributed by atoms with Crippen LogP contribution in [0.5, 0.6) is 0 Å². The molecule has 0 saturated carbocycles. The fourth-order valence-corrected chi connectivity index (χ4v) is 4.41. The van der Waals surface area contributed by atoms with Crippen LogP contribution in [0, 0.1) is 0 Å². The molecule has 29 heavy (non-hydrogen) atoms. The summed E-state index contributed by atoms with van der Waals surface area (Å²) in [5, 5.41) is 3.71. The first kappa shape index (κ1) is 19.7. The van der Waals surface area contributed by atoms with Gasteiger partial charge in [0.1, 0.15) is 6.54 Å². The smallest absolute Gasteiger partial charge is 0.259 e. The van der Waals surface area contributed by atoms with Crippen molar-refractivity contribution in [2.75, 3.05) is 26.2 Å². The normalized spacial score (nSPS) is 17.5. The SMILES string of the molecule is C=C1c2ccccc2C(=O)N1CC(=O)NCC(c1ccccc1Cl)N1CCCC1. The molecule has 4 rings (SSSR count). The largest absolute Gasteiger partial charge is 0.353 e. The molecule has 2 aromatic rings. The number of rotatable bonds is 6. The molecule has 0 bridgehead atoms. The molecule has 1 unspecified atom stereocenters. The van der Waals surface area contributed by atoms with Crippen LogP contribution in [-0.4, -0.2) is 47.8 Å². The highest BCUT2D eigenvalue weighted by molar-refractivity contribution is 6.31. The Balaban J connectivity index is 1.43. The highest BCUT2D eigenvalue weighted by Crippen LogP contribution is 2.31. The number of hydrogen-bond acceptors (Lipinski definition) is 3. The molecule has 2 heterocycles. The van der Waals surface area contributed by atoms with Crippen LogP contribution in [-0.2, 0) is 4.79 Å². The number of nitrogens with one attached hydrogen (secondary N) is 1. The Morgan fingerprint density at radius 1 is 1.07 bits per heavy atom. The molecule has 0 spiro atoms. The zero-order chi connectivity index (χ0) is 20.4. The van der Waals surface area contributed by atoms with Crippen molar-refractivity contribution >= 4 is 29.1 Å². The highest BCUT2D eigenvalue weighted by Gasteiger charge is 2.32. The van der Waals surface area contributed by atoms with Crippen molar-refractivity contribution in [2.24, 2.45) is 0 Å². The van der Waals surface area contributed by atoms with Gasteiger partial charge in [0.25, 0.3) is 5.91 Å². The molecule has 2 amide bonds. The van der Waals surface area contributed by atoms with E-state index in [9.17, 15) is 9.59 Å². The van der Waals surface area contributed by atoms with Crippen LogP contribution in [0.1, 0.15) is 40.4 Å². The van der Waals surface area contributed by atoms with Crippen LogP contribution >= 0.6 is 11.6 Å². The molecule has 1 saturated heterocycles. The maximum Gasteiger partial charge on any atom is 0.259 e. The van der Waals surface area contributed by atoms with Crippen molar-refractivity contribution in [3.63, 3.8) is 0 Å². The lowest BCUT2D eigenvalue weighted by molar-refractivity contribution is -0.121. The number of carbonyl (C=O) groups excluding carboxylic acids is 2. The van der Waals surface area contributed by atoms with Gasteiger partial charge < -0.3 is 5.32 Å². The van der Waals surface area contributed by atoms with Crippen LogP contribution < -0.4 is 5.32 Å². The van der Waals surface area contributed by atoms with E-state index >= 15 is 0 Å². The maximum absolute atomic E-state index is 12.7. The van der Waals surface area contributed by atoms with Gasteiger partial charge >= 0.3 is 0 Å². The number of nitrogens with zero attached hydrogens (tertiary/aromatic N) is 2. The summed E-state index contributed by atoms with van der Waals surface area (Å²) in [5.74, 6) is -0.383. The fourth-order valence-electron chi connectivity index (χ4n) is 4.15. The second-order valence-corrected chi connectivity index (χ2v) is 7.88. The van der Waals surface area contributed by atoms with E-state index in [1.165, 1.54) is 4.90 Å². The third-order valence-corrected chi connectivity index (χ3v) is 6.02. The van der Waals surface area contributed by atoms with Crippen LogP contribution in [0.3, 0.4) is 0 Å². The van der Waals surface area contributed by atoms with Crippen LogP contribution in [0.2, 0.25) is 5.02 Å². The first-order valence-electron chi connectivity index (χ1n) is 9.91. The monoisotopic (exact) mass is 409 g/mol. The van der Waals surface area contributed by atoms with E-state index < -0.39 is 0 Å². The molecule has 6 heteroatoms. The minimum Gasteiger partial charge on any atom is -0.353 e. The third kappa shape index (κ3) is 3.93. The predicted molar refractivity (Wildman–Crippen MR) is 115 cm³/mol. The molecule has 150 valence electrons. The first-order chi connectivity index (χ1) is 14.1. The van der Waals surface area contributed by atoms with Crippen molar-refractivity contribution in [3.8, 4) is 0 Å². The molecule has 2 aliphatic heterocycles. The molecular formula is C23H24ClN3O2. The second kappa shape index (κ2) is 8.39. The van der Waals surface area contributed by atoms with E-state index in [4.69, 9.17) is 11.6 Å². The Morgan fingerprint density at radius 3 is 2.41 bits per heavy atom. The van der Waals surface area contributed by atoms with Crippen molar-refractivity contribution in [3.05, 3.63) is 76.8 Å². The molecule has 0 radical (unpaired) electrons. The van der Waals surface area contributed by atoms with Gasteiger partial charge in [-0.1, -0.05) is 54.6 Å². The van der Waals surface area contributed by atoms with Crippen LogP contribution in [0.4, 0.5) is 0 Å². The van der Waals surface area contributed by atoms with Gasteiger partial charge in [-0.25, -0.2) is 0 Å². The van der Waals surface area contributed by atoms with E-state index in [2.05, 4.69) is 16.8 Å². The Morgan fingerprint density at radius 2 is 1.72 bits per heavy atom. The van der Waals surface area contributed by atoms with Gasteiger partial charge in [-0.05, 0) is 43.6 Å². The summed E-state index contributed by atoms with van der Waals surface area (Å²) in [6, 6.07) is 15.1. The summed E-state index contributed by atoms with van der Waals surface area (Å²) in [6.07, 6.45) is 2.30. The van der Waals surface area contributed by atoms with E-state index in [0.717, 1.165) is 37.1 Å². The lowest BCUT2D eigenvalue weighted by atomic mass is 10.1. The summed E-state index contributed by atoms with van der Waals surface area (Å²) in [7, 11) is 0. The van der Waals surface area contributed by atoms with E-state index in [1.807, 2.05) is 42.5 Å². The summed E-state index contributed by atoms with van der Waals surface area (Å²) >= 11 is 6.44. The molecule has 1 atom stereocenters. The Bertz CT molecular complexity index is 918. The first-order valence-corrected chi connectivity index (χ1v) is 10.3. The predicted octanol–water partition coefficient (Wildman–Crippen LogP) is 3.72. The summed E-state index contributed by atoms with van der Waals surface area (Å²) in [6.45, 7) is 6.38. The molecule has 1 fully saturated rings. The van der Waals surface area contributed by atoms with Crippen molar-refractivity contribution < 1.29 is 9.59 Å². The number of halogens is 1. The number of carbonyl (C=O) groups is 2. The molecule has 0 aliphatic carbocycles. The molecule has 2 aromatic carbocycles. The average molecular weight is 410 g/mol. The van der Waals surface area contributed by atoms with Gasteiger partial charge in [-0.15, -0.1) is 0 Å². The van der Waals surface area contributed by atoms with Crippen LogP contribution in [0.25, 0.3) is 5.70 Å². The lowest BCUT2D eigenvalue weighted by Crippen LogP contribution is -2.41.